The zero-order chi connectivity index (χ0) is 15.0. The van der Waals surface area contributed by atoms with Gasteiger partial charge < -0.3 is 10.3 Å². The zero-order valence-corrected chi connectivity index (χ0v) is 14.1. The number of nitrogens with zero attached hydrogens (tertiary/aromatic N) is 3. The molecule has 5 nitrogen and oxygen atoms in total. The molecule has 0 saturated heterocycles. The molecule has 0 radical (unpaired) electrons. The molecule has 120 valence electrons. The van der Waals surface area contributed by atoms with Gasteiger partial charge in [0, 0.05) is 6.42 Å². The molecule has 2 aromatic heterocycles. The first-order valence-corrected chi connectivity index (χ1v) is 8.17. The molecule has 7 heteroatoms. The second-order valence-corrected chi connectivity index (χ2v) is 6.83. The number of halogens is 1. The lowest BCUT2D eigenvalue weighted by Gasteiger charge is -2.34. The molecule has 0 unspecified atom stereocenters. The molecule has 1 aliphatic rings. The van der Waals surface area contributed by atoms with E-state index in [1.165, 1.54) is 5.56 Å². The summed E-state index contributed by atoms with van der Waals surface area (Å²) in [6.07, 6.45) is 5.58. The van der Waals surface area contributed by atoms with Crippen LogP contribution in [0.1, 0.15) is 35.7 Å². The second-order valence-electron chi connectivity index (χ2n) is 5.71. The summed E-state index contributed by atoms with van der Waals surface area (Å²) in [7, 11) is 0. The highest BCUT2D eigenvalue weighted by Crippen LogP contribution is 2.38. The topological polar surface area (TPSA) is 77.8 Å². The highest BCUT2D eigenvalue weighted by atomic mass is 35.5. The van der Waals surface area contributed by atoms with E-state index >= 15 is 0 Å². The van der Waals surface area contributed by atoms with Crippen LogP contribution in [-0.4, -0.2) is 15.1 Å². The third-order valence-electron chi connectivity index (χ3n) is 4.08. The Morgan fingerprint density at radius 1 is 1.22 bits per heavy atom. The van der Waals surface area contributed by atoms with E-state index in [1.54, 1.807) is 17.5 Å². The Bertz CT molecular complexity index is 782. The average molecular weight is 349 g/mol. The van der Waals surface area contributed by atoms with Gasteiger partial charge in [-0.05, 0) is 24.8 Å². The van der Waals surface area contributed by atoms with E-state index < -0.39 is 0 Å². The lowest BCUT2D eigenvalue weighted by molar-refractivity contribution is 0.229. The fourth-order valence-electron chi connectivity index (χ4n) is 2.57. The molecule has 2 N–H and O–H groups in total. The summed E-state index contributed by atoms with van der Waals surface area (Å²) in [6, 6.07) is 10.3. The zero-order valence-electron chi connectivity index (χ0n) is 12.4. The number of thiazole rings is 1. The van der Waals surface area contributed by atoms with Crippen LogP contribution in [0.4, 0.5) is 0 Å². The molecule has 0 atom stereocenters. The molecule has 1 saturated carbocycles. The van der Waals surface area contributed by atoms with Crippen LogP contribution < -0.4 is 5.73 Å². The lowest BCUT2D eigenvalue weighted by Crippen LogP contribution is -2.44. The third kappa shape index (κ3) is 3.15. The minimum Gasteiger partial charge on any atom is -0.333 e. The Balaban J connectivity index is 0.00000156. The van der Waals surface area contributed by atoms with E-state index in [4.69, 9.17) is 10.3 Å². The number of nitrogens with two attached hydrogens (primary N) is 1. The van der Waals surface area contributed by atoms with Gasteiger partial charge in [-0.15, -0.1) is 23.7 Å². The smallest absolute Gasteiger partial charge is 0.269 e. The van der Waals surface area contributed by atoms with Crippen molar-refractivity contribution in [2.75, 3.05) is 0 Å². The largest absolute Gasteiger partial charge is 0.333 e. The molecular weight excluding hydrogens is 332 g/mol. The molecule has 0 aliphatic heterocycles. The van der Waals surface area contributed by atoms with Crippen molar-refractivity contribution in [2.45, 2.75) is 31.2 Å². The summed E-state index contributed by atoms with van der Waals surface area (Å²) < 4.78 is 5.37. The Hall–Kier alpha value is -1.76. The minimum atomic E-state index is -0.390. The number of benzene rings is 1. The molecule has 4 rings (SSSR count). The van der Waals surface area contributed by atoms with Crippen LogP contribution in [0.2, 0.25) is 0 Å². The van der Waals surface area contributed by atoms with Gasteiger partial charge in [-0.25, -0.2) is 4.98 Å². The van der Waals surface area contributed by atoms with E-state index in [0.717, 1.165) is 35.6 Å². The van der Waals surface area contributed by atoms with Gasteiger partial charge in [0.2, 0.25) is 0 Å². The SMILES string of the molecule is Cl.NC1(c2noc(-c3cnc(Cc4ccccc4)s3)n2)CCC1. The van der Waals surface area contributed by atoms with Crippen molar-refractivity contribution in [1.82, 2.24) is 15.1 Å². The maximum absolute atomic E-state index is 6.23. The molecule has 23 heavy (non-hydrogen) atoms. The molecule has 0 bridgehead atoms. The van der Waals surface area contributed by atoms with Gasteiger partial charge in [0.05, 0.1) is 16.7 Å². The number of hydrogen-bond acceptors (Lipinski definition) is 6. The van der Waals surface area contributed by atoms with Crippen molar-refractivity contribution in [3.63, 3.8) is 0 Å². The Morgan fingerprint density at radius 2 is 2.00 bits per heavy atom. The second kappa shape index (κ2) is 6.39. The van der Waals surface area contributed by atoms with Crippen molar-refractivity contribution in [1.29, 1.82) is 0 Å². The molecule has 0 spiro atoms. The van der Waals surface area contributed by atoms with E-state index in [0.29, 0.717) is 11.7 Å². The first kappa shape index (κ1) is 16.1. The van der Waals surface area contributed by atoms with Crippen molar-refractivity contribution in [2.24, 2.45) is 5.73 Å². The van der Waals surface area contributed by atoms with Crippen LogP contribution in [0.15, 0.2) is 41.1 Å². The van der Waals surface area contributed by atoms with Crippen molar-refractivity contribution in [3.8, 4) is 10.8 Å². The van der Waals surface area contributed by atoms with Crippen LogP contribution >= 0.6 is 23.7 Å². The maximum atomic E-state index is 6.23. The van der Waals surface area contributed by atoms with Crippen molar-refractivity contribution < 1.29 is 4.52 Å². The molecule has 0 amide bonds. The highest BCUT2D eigenvalue weighted by molar-refractivity contribution is 7.15. The summed E-state index contributed by atoms with van der Waals surface area (Å²) in [5.41, 5.74) is 7.08. The monoisotopic (exact) mass is 348 g/mol. The molecule has 2 heterocycles. The van der Waals surface area contributed by atoms with E-state index in [-0.39, 0.29) is 17.9 Å². The summed E-state index contributed by atoms with van der Waals surface area (Å²) in [4.78, 5) is 9.81. The third-order valence-corrected chi connectivity index (χ3v) is 5.06. The first-order chi connectivity index (χ1) is 10.7. The van der Waals surface area contributed by atoms with Crippen molar-refractivity contribution >= 4 is 23.7 Å². The Morgan fingerprint density at radius 3 is 2.70 bits per heavy atom. The van der Waals surface area contributed by atoms with Gasteiger partial charge in [0.15, 0.2) is 5.82 Å². The standard InChI is InChI=1S/C16H16N4OS.ClH/c17-16(7-4-8-16)15-19-14(21-20-15)12-10-18-13(22-12)9-11-5-2-1-3-6-11;/h1-3,5-6,10H,4,7-9,17H2;1H. The summed E-state index contributed by atoms with van der Waals surface area (Å²) >= 11 is 1.58. The summed E-state index contributed by atoms with van der Waals surface area (Å²) in [5, 5.41) is 5.08. The summed E-state index contributed by atoms with van der Waals surface area (Å²) in [5.74, 6) is 1.13. The quantitative estimate of drug-likeness (QED) is 0.780. The fraction of sp³-hybridized carbons (Fsp3) is 0.312. The minimum absolute atomic E-state index is 0. The predicted molar refractivity (Wildman–Crippen MR) is 91.6 cm³/mol. The maximum Gasteiger partial charge on any atom is 0.269 e. The van der Waals surface area contributed by atoms with Crippen LogP contribution in [0.25, 0.3) is 10.8 Å². The number of aromatic nitrogens is 3. The van der Waals surface area contributed by atoms with Crippen molar-refractivity contribution in [3.05, 3.63) is 52.9 Å². The Kier molecular flexibility index (Phi) is 4.48. The molecular formula is C16H17ClN4OS. The number of hydrogen-bond donors (Lipinski definition) is 1. The average Bonchev–Trinajstić information content (AvgIpc) is 3.15. The van der Waals surface area contributed by atoms with E-state index in [1.807, 2.05) is 18.2 Å². The van der Waals surface area contributed by atoms with Gasteiger partial charge in [-0.1, -0.05) is 35.5 Å². The van der Waals surface area contributed by atoms with Crippen LogP contribution in [-0.2, 0) is 12.0 Å². The van der Waals surface area contributed by atoms with Crippen LogP contribution in [0.5, 0.6) is 0 Å². The summed E-state index contributed by atoms with van der Waals surface area (Å²) in [6.45, 7) is 0. The van der Waals surface area contributed by atoms with Gasteiger partial charge >= 0.3 is 0 Å². The van der Waals surface area contributed by atoms with E-state index in [9.17, 15) is 0 Å². The Labute approximate surface area is 144 Å². The van der Waals surface area contributed by atoms with Gasteiger partial charge in [0.25, 0.3) is 5.89 Å². The van der Waals surface area contributed by atoms with E-state index in [2.05, 4.69) is 27.3 Å². The molecule has 3 aromatic rings. The highest BCUT2D eigenvalue weighted by Gasteiger charge is 2.39. The van der Waals surface area contributed by atoms with Gasteiger partial charge in [-0.2, -0.15) is 4.98 Å². The van der Waals surface area contributed by atoms with Gasteiger partial charge in [0.1, 0.15) is 4.88 Å². The number of rotatable bonds is 4. The van der Waals surface area contributed by atoms with Crippen LogP contribution in [0.3, 0.4) is 0 Å². The first-order valence-electron chi connectivity index (χ1n) is 7.35. The fourth-order valence-corrected chi connectivity index (χ4v) is 3.44. The van der Waals surface area contributed by atoms with Crippen LogP contribution in [0, 0.1) is 0 Å². The predicted octanol–water partition coefficient (Wildman–Crippen LogP) is 3.54. The normalized spacial score (nSPS) is 15.7. The molecule has 1 aliphatic carbocycles. The van der Waals surface area contributed by atoms with Gasteiger partial charge in [-0.3, -0.25) is 0 Å². The molecule has 1 fully saturated rings. The lowest BCUT2D eigenvalue weighted by atomic mass is 9.77. The molecule has 1 aromatic carbocycles.